The van der Waals surface area contributed by atoms with E-state index in [2.05, 4.69) is 5.32 Å². The number of hydrogen-bond donors (Lipinski definition) is 1. The molecule has 0 aliphatic heterocycles. The molecule has 0 bridgehead atoms. The molecule has 1 aliphatic rings. The quantitative estimate of drug-likeness (QED) is 0.757. The number of amides is 1. The van der Waals surface area contributed by atoms with Crippen LogP contribution in [0.25, 0.3) is 0 Å². The van der Waals surface area contributed by atoms with E-state index < -0.39 is 11.9 Å². The first kappa shape index (κ1) is 17.3. The molecule has 126 valence electrons. The van der Waals surface area contributed by atoms with E-state index in [4.69, 9.17) is 27.9 Å². The molecule has 0 saturated heterocycles. The van der Waals surface area contributed by atoms with Gasteiger partial charge in [0, 0.05) is 9.90 Å². The maximum Gasteiger partial charge on any atom is 0.341 e. The molecule has 2 aromatic rings. The summed E-state index contributed by atoms with van der Waals surface area (Å²) in [4.78, 5) is 26.0. The Morgan fingerprint density at radius 2 is 2.08 bits per heavy atom. The predicted molar refractivity (Wildman–Crippen MR) is 96.7 cm³/mol. The second-order valence-electron chi connectivity index (χ2n) is 5.36. The molecule has 24 heavy (non-hydrogen) atoms. The van der Waals surface area contributed by atoms with E-state index in [9.17, 15) is 9.59 Å². The van der Waals surface area contributed by atoms with E-state index in [1.807, 2.05) is 0 Å². The van der Waals surface area contributed by atoms with E-state index in [-0.39, 0.29) is 12.2 Å². The van der Waals surface area contributed by atoms with Gasteiger partial charge in [-0.25, -0.2) is 4.79 Å². The maximum atomic E-state index is 12.5. The Morgan fingerprint density at radius 1 is 1.29 bits per heavy atom. The van der Waals surface area contributed by atoms with Crippen molar-refractivity contribution in [2.45, 2.75) is 26.2 Å². The second kappa shape index (κ2) is 7.13. The lowest BCUT2D eigenvalue weighted by Crippen LogP contribution is -2.15. The van der Waals surface area contributed by atoms with Crippen molar-refractivity contribution in [1.82, 2.24) is 0 Å². The molecule has 4 nitrogen and oxygen atoms in total. The summed E-state index contributed by atoms with van der Waals surface area (Å²) >= 11 is 13.4. The van der Waals surface area contributed by atoms with Crippen LogP contribution in [0.1, 0.15) is 44.5 Å². The zero-order valence-corrected chi connectivity index (χ0v) is 15.3. The van der Waals surface area contributed by atoms with Crippen LogP contribution in [0.15, 0.2) is 18.2 Å². The second-order valence-corrected chi connectivity index (χ2v) is 7.31. The molecule has 1 N–H and O–H groups in total. The van der Waals surface area contributed by atoms with Gasteiger partial charge >= 0.3 is 5.97 Å². The topological polar surface area (TPSA) is 55.4 Å². The fourth-order valence-corrected chi connectivity index (χ4v) is 4.40. The fraction of sp³-hybridized carbons (Fsp3) is 0.294. The lowest BCUT2D eigenvalue weighted by molar-refractivity contribution is 0.0527. The minimum Gasteiger partial charge on any atom is -0.462 e. The molecule has 1 aromatic heterocycles. The molecule has 1 aromatic carbocycles. The molecule has 0 spiro atoms. The molecule has 1 heterocycles. The molecular formula is C17H15Cl2NO3S. The zero-order chi connectivity index (χ0) is 17.3. The number of benzene rings is 1. The van der Waals surface area contributed by atoms with Crippen molar-refractivity contribution >= 4 is 51.4 Å². The smallest absolute Gasteiger partial charge is 0.341 e. The first-order valence-electron chi connectivity index (χ1n) is 7.59. The average molecular weight is 384 g/mol. The number of ether oxygens (including phenoxy) is 1. The van der Waals surface area contributed by atoms with E-state index in [1.54, 1.807) is 19.1 Å². The fourth-order valence-electron chi connectivity index (χ4n) is 2.75. The Kier molecular flexibility index (Phi) is 5.13. The number of esters is 1. The number of thiophene rings is 1. The molecular weight excluding hydrogens is 369 g/mol. The van der Waals surface area contributed by atoms with Crippen LogP contribution in [0.5, 0.6) is 0 Å². The average Bonchev–Trinajstić information content (AvgIpc) is 3.10. The third-order valence-electron chi connectivity index (χ3n) is 3.80. The zero-order valence-electron chi connectivity index (χ0n) is 12.9. The molecule has 0 saturated carbocycles. The highest BCUT2D eigenvalue weighted by atomic mass is 35.5. The Morgan fingerprint density at radius 3 is 2.83 bits per heavy atom. The van der Waals surface area contributed by atoms with Gasteiger partial charge in [0.05, 0.1) is 22.8 Å². The molecule has 0 atom stereocenters. The van der Waals surface area contributed by atoms with E-state index in [0.29, 0.717) is 20.6 Å². The summed E-state index contributed by atoms with van der Waals surface area (Å²) in [6, 6.07) is 4.69. The van der Waals surface area contributed by atoms with Crippen LogP contribution in [0, 0.1) is 0 Å². The highest BCUT2D eigenvalue weighted by molar-refractivity contribution is 7.17. The molecule has 1 amide bonds. The van der Waals surface area contributed by atoms with Gasteiger partial charge in [-0.3, -0.25) is 4.79 Å². The Bertz CT molecular complexity index is 816. The molecule has 0 radical (unpaired) electrons. The number of anilines is 1. The lowest BCUT2D eigenvalue weighted by atomic mass is 10.1. The van der Waals surface area contributed by atoms with Gasteiger partial charge < -0.3 is 10.1 Å². The van der Waals surface area contributed by atoms with E-state index in [0.717, 1.165) is 29.7 Å². The molecule has 7 heteroatoms. The summed E-state index contributed by atoms with van der Waals surface area (Å²) < 4.78 is 5.15. The molecule has 0 fully saturated rings. The standard InChI is InChI=1S/C17H15Cl2NO3S/c1-2-23-17(22)14-10-4-3-5-13(10)24-16(14)20-15(21)11-8-9(18)6-7-12(11)19/h6-8H,2-5H2,1H3,(H,20,21). The molecule has 3 rings (SSSR count). The summed E-state index contributed by atoms with van der Waals surface area (Å²) in [6.07, 6.45) is 2.76. The Labute approximate surface area is 153 Å². The van der Waals surface area contributed by atoms with Gasteiger partial charge in [0.2, 0.25) is 0 Å². The van der Waals surface area contributed by atoms with Gasteiger partial charge in [0.25, 0.3) is 5.91 Å². The van der Waals surface area contributed by atoms with Crippen molar-refractivity contribution < 1.29 is 14.3 Å². The molecule has 1 aliphatic carbocycles. The number of aryl methyl sites for hydroxylation is 1. The van der Waals surface area contributed by atoms with Gasteiger partial charge in [0.15, 0.2) is 0 Å². The number of carbonyl (C=O) groups excluding carboxylic acids is 2. The highest BCUT2D eigenvalue weighted by Gasteiger charge is 2.28. The van der Waals surface area contributed by atoms with Crippen LogP contribution in [-0.4, -0.2) is 18.5 Å². The molecule has 0 unspecified atom stereocenters. The third-order valence-corrected chi connectivity index (χ3v) is 5.57. The first-order valence-corrected chi connectivity index (χ1v) is 9.16. The normalized spacial score (nSPS) is 12.8. The predicted octanol–water partition coefficient (Wildman–Crippen LogP) is 4.97. The van der Waals surface area contributed by atoms with Crippen molar-refractivity contribution in [3.63, 3.8) is 0 Å². The van der Waals surface area contributed by atoms with E-state index in [1.165, 1.54) is 17.4 Å². The van der Waals surface area contributed by atoms with Crippen molar-refractivity contribution in [3.05, 3.63) is 49.8 Å². The summed E-state index contributed by atoms with van der Waals surface area (Å²) in [5.74, 6) is -0.794. The maximum absolute atomic E-state index is 12.5. The summed E-state index contributed by atoms with van der Waals surface area (Å²) in [6.45, 7) is 2.05. The van der Waals surface area contributed by atoms with Gasteiger partial charge in [0.1, 0.15) is 5.00 Å². The summed E-state index contributed by atoms with van der Waals surface area (Å²) in [7, 11) is 0. The lowest BCUT2D eigenvalue weighted by Gasteiger charge is -2.09. The number of rotatable bonds is 4. The van der Waals surface area contributed by atoms with Gasteiger partial charge in [-0.05, 0) is 49.9 Å². The number of hydrogen-bond acceptors (Lipinski definition) is 4. The van der Waals surface area contributed by atoms with Crippen LogP contribution >= 0.6 is 34.5 Å². The summed E-state index contributed by atoms with van der Waals surface area (Å²) in [5, 5.41) is 4.04. The Balaban J connectivity index is 1.94. The van der Waals surface area contributed by atoms with Crippen LogP contribution in [-0.2, 0) is 17.6 Å². The SMILES string of the molecule is CCOC(=O)c1c(NC(=O)c2cc(Cl)ccc2Cl)sc2c1CCC2. The largest absolute Gasteiger partial charge is 0.462 e. The minimum absolute atomic E-state index is 0.271. The first-order chi connectivity index (χ1) is 11.5. The van der Waals surface area contributed by atoms with Crippen molar-refractivity contribution in [2.24, 2.45) is 0 Å². The van der Waals surface area contributed by atoms with Crippen molar-refractivity contribution in [2.75, 3.05) is 11.9 Å². The van der Waals surface area contributed by atoms with Crippen LogP contribution in [0.3, 0.4) is 0 Å². The van der Waals surface area contributed by atoms with Gasteiger partial charge in [-0.2, -0.15) is 0 Å². The number of halogens is 2. The van der Waals surface area contributed by atoms with Crippen molar-refractivity contribution in [1.29, 1.82) is 0 Å². The van der Waals surface area contributed by atoms with E-state index >= 15 is 0 Å². The summed E-state index contributed by atoms with van der Waals surface area (Å²) in [5.41, 5.74) is 1.74. The minimum atomic E-state index is -0.399. The van der Waals surface area contributed by atoms with Gasteiger partial charge in [-0.15, -0.1) is 11.3 Å². The Hall–Kier alpha value is -1.56. The monoisotopic (exact) mass is 383 g/mol. The number of fused-ring (bicyclic) bond motifs is 1. The van der Waals surface area contributed by atoms with Crippen LogP contribution in [0.4, 0.5) is 5.00 Å². The van der Waals surface area contributed by atoms with Crippen molar-refractivity contribution in [3.8, 4) is 0 Å². The van der Waals surface area contributed by atoms with Crippen LogP contribution in [0.2, 0.25) is 10.0 Å². The van der Waals surface area contributed by atoms with Crippen LogP contribution < -0.4 is 5.32 Å². The third kappa shape index (κ3) is 3.29. The van der Waals surface area contributed by atoms with Gasteiger partial charge in [-0.1, -0.05) is 23.2 Å². The highest BCUT2D eigenvalue weighted by Crippen LogP contribution is 2.40. The number of carbonyl (C=O) groups is 2. The number of nitrogens with one attached hydrogen (secondary N) is 1.